The van der Waals surface area contributed by atoms with E-state index in [2.05, 4.69) is 33.9 Å². The van der Waals surface area contributed by atoms with Crippen molar-refractivity contribution in [2.45, 2.75) is 91.8 Å². The van der Waals surface area contributed by atoms with Crippen LogP contribution >= 0.6 is 0 Å². The maximum Gasteiger partial charge on any atom is 0.339 e. The number of hydrogen-bond donors (Lipinski definition) is 0. The first-order chi connectivity index (χ1) is 21.6. The van der Waals surface area contributed by atoms with Gasteiger partial charge in [0.05, 0.1) is 45.2 Å². The quantitative estimate of drug-likeness (QED) is 0.0578. The summed E-state index contributed by atoms with van der Waals surface area (Å²) in [5.41, 5.74) is 3.03. The molecular formula is C36H52O9Si. The number of aryl methyl sites for hydroxylation is 2. The molecule has 0 radical (unpaired) electrons. The van der Waals surface area contributed by atoms with Gasteiger partial charge in [0, 0.05) is 0 Å². The molecule has 0 aromatic heterocycles. The Morgan fingerprint density at radius 2 is 1.39 bits per heavy atom. The average molecular weight is 657 g/mol. The summed E-state index contributed by atoms with van der Waals surface area (Å²) in [6.07, 6.45) is 2.00. The van der Waals surface area contributed by atoms with Crippen LogP contribution in [-0.2, 0) is 39.6 Å². The number of methoxy groups -OCH3 is 1. The Morgan fingerprint density at radius 3 is 1.89 bits per heavy atom. The molecule has 2 aromatic rings. The van der Waals surface area contributed by atoms with Crippen molar-refractivity contribution >= 4 is 26.2 Å². The number of rotatable bonds is 17. The van der Waals surface area contributed by atoms with E-state index in [1.165, 1.54) is 0 Å². The number of hydrogen-bond acceptors (Lipinski definition) is 9. The second kappa shape index (κ2) is 18.0. The van der Waals surface area contributed by atoms with Crippen molar-refractivity contribution in [2.75, 3.05) is 26.9 Å². The number of carbonyl (C=O) groups is 3. The van der Waals surface area contributed by atoms with E-state index < -0.39 is 44.4 Å². The highest BCUT2D eigenvalue weighted by molar-refractivity contribution is 6.74. The molecule has 0 saturated carbocycles. The summed E-state index contributed by atoms with van der Waals surface area (Å²) in [7, 11) is -0.787. The summed E-state index contributed by atoms with van der Waals surface area (Å²) >= 11 is 0. The normalized spacial score (nSPS) is 13.4. The first-order valence-corrected chi connectivity index (χ1v) is 18.7. The fraction of sp³-hybridized carbons (Fsp3) is 0.528. The summed E-state index contributed by atoms with van der Waals surface area (Å²) in [6.45, 7) is 18.2. The SMILES string of the molecule is CCOC(=O)C(C[C@@H](/C=C/[C@@H](COCc1ccc(OC)cc1)OC(=O)c1c(C)cccc1C)O[Si](C)(C)C(C)(C)C)C(=O)OCC. The third-order valence-corrected chi connectivity index (χ3v) is 12.6. The molecular weight excluding hydrogens is 604 g/mol. The lowest BCUT2D eigenvalue weighted by atomic mass is 10.0. The van der Waals surface area contributed by atoms with Crippen LogP contribution in [0.2, 0.25) is 18.1 Å². The van der Waals surface area contributed by atoms with E-state index in [-0.39, 0.29) is 37.9 Å². The zero-order valence-corrected chi connectivity index (χ0v) is 30.1. The highest BCUT2D eigenvalue weighted by Crippen LogP contribution is 2.38. The first kappa shape index (κ1) is 38.7. The van der Waals surface area contributed by atoms with Crippen molar-refractivity contribution in [3.05, 3.63) is 76.9 Å². The molecule has 0 aliphatic heterocycles. The molecule has 0 fully saturated rings. The van der Waals surface area contributed by atoms with E-state index >= 15 is 0 Å². The van der Waals surface area contributed by atoms with Crippen LogP contribution in [0.15, 0.2) is 54.6 Å². The van der Waals surface area contributed by atoms with E-state index in [0.717, 1.165) is 22.4 Å². The Hall–Kier alpha value is -3.47. The molecule has 0 unspecified atom stereocenters. The van der Waals surface area contributed by atoms with E-state index in [4.69, 9.17) is 28.1 Å². The van der Waals surface area contributed by atoms with Crippen molar-refractivity contribution in [3.63, 3.8) is 0 Å². The maximum absolute atomic E-state index is 13.4. The minimum absolute atomic E-state index is 0.00491. The zero-order chi connectivity index (χ0) is 34.5. The topological polar surface area (TPSA) is 107 Å². The molecule has 0 heterocycles. The minimum Gasteiger partial charge on any atom is -0.497 e. The van der Waals surface area contributed by atoms with Crippen LogP contribution in [-0.4, -0.2) is 65.4 Å². The van der Waals surface area contributed by atoms with Gasteiger partial charge >= 0.3 is 17.9 Å². The molecule has 9 nitrogen and oxygen atoms in total. The first-order valence-electron chi connectivity index (χ1n) is 15.8. The zero-order valence-electron chi connectivity index (χ0n) is 29.1. The van der Waals surface area contributed by atoms with Crippen molar-refractivity contribution in [3.8, 4) is 5.75 Å². The highest BCUT2D eigenvalue weighted by atomic mass is 28.4. The van der Waals surface area contributed by atoms with Crippen LogP contribution < -0.4 is 4.74 Å². The van der Waals surface area contributed by atoms with Gasteiger partial charge in [0.2, 0.25) is 0 Å². The van der Waals surface area contributed by atoms with Crippen LogP contribution in [0.25, 0.3) is 0 Å². The lowest BCUT2D eigenvalue weighted by molar-refractivity contribution is -0.162. The number of esters is 3. The van der Waals surface area contributed by atoms with Gasteiger partial charge in [0.25, 0.3) is 0 Å². The predicted octanol–water partition coefficient (Wildman–Crippen LogP) is 7.13. The van der Waals surface area contributed by atoms with E-state index in [1.54, 1.807) is 33.1 Å². The molecule has 0 aliphatic rings. The van der Waals surface area contributed by atoms with Crippen LogP contribution in [0.1, 0.15) is 68.1 Å². The summed E-state index contributed by atoms with van der Waals surface area (Å²) in [5.74, 6) is -2.25. The molecule has 2 atom stereocenters. The molecule has 0 spiro atoms. The van der Waals surface area contributed by atoms with Gasteiger partial charge in [0.1, 0.15) is 11.9 Å². The van der Waals surface area contributed by atoms with Crippen molar-refractivity contribution in [2.24, 2.45) is 5.92 Å². The number of carbonyl (C=O) groups excluding carboxylic acids is 3. The molecule has 0 amide bonds. The standard InChI is InChI=1S/C36H52O9Si/c1-11-42-33(37)31(34(38)43-12-2)22-29(45-46(9,10)36(5,6)7)20-21-30(24-41-23-27-16-18-28(40-8)19-17-27)44-35(39)32-25(3)14-13-15-26(32)4/h13-21,29-31H,11-12,22-24H2,1-10H3/b21-20+/t29-,30+/m1/s1. The molecule has 0 aliphatic carbocycles. The molecule has 0 saturated heterocycles. The number of benzene rings is 2. The lowest BCUT2D eigenvalue weighted by Gasteiger charge is -2.39. The van der Waals surface area contributed by atoms with E-state index in [1.807, 2.05) is 56.3 Å². The Balaban J connectivity index is 2.43. The molecule has 0 bridgehead atoms. The van der Waals surface area contributed by atoms with Gasteiger partial charge in [-0.1, -0.05) is 57.2 Å². The second-order valence-electron chi connectivity index (χ2n) is 12.7. The average Bonchev–Trinajstić information content (AvgIpc) is 2.98. The predicted molar refractivity (Wildman–Crippen MR) is 180 cm³/mol. The van der Waals surface area contributed by atoms with Crippen LogP contribution in [0.5, 0.6) is 5.75 Å². The molecule has 2 rings (SSSR count). The summed E-state index contributed by atoms with van der Waals surface area (Å²) < 4.78 is 34.4. The third-order valence-electron chi connectivity index (χ3n) is 8.06. The Bertz CT molecular complexity index is 1270. The fourth-order valence-electron chi connectivity index (χ4n) is 4.45. The monoisotopic (exact) mass is 656 g/mol. The summed E-state index contributed by atoms with van der Waals surface area (Å²) in [4.78, 5) is 39.2. The lowest BCUT2D eigenvalue weighted by Crippen LogP contribution is -2.45. The molecule has 254 valence electrons. The number of ether oxygens (including phenoxy) is 5. The molecule has 10 heteroatoms. The maximum atomic E-state index is 13.4. The second-order valence-corrected chi connectivity index (χ2v) is 17.4. The highest BCUT2D eigenvalue weighted by Gasteiger charge is 2.41. The van der Waals surface area contributed by atoms with Gasteiger partial charge in [-0.2, -0.15) is 0 Å². The van der Waals surface area contributed by atoms with Crippen molar-refractivity contribution < 1.29 is 42.5 Å². The van der Waals surface area contributed by atoms with E-state index in [9.17, 15) is 14.4 Å². The Morgan fingerprint density at radius 1 is 0.848 bits per heavy atom. The van der Waals surface area contributed by atoms with Gasteiger partial charge in [-0.3, -0.25) is 9.59 Å². The van der Waals surface area contributed by atoms with Gasteiger partial charge in [-0.15, -0.1) is 0 Å². The largest absolute Gasteiger partial charge is 0.497 e. The van der Waals surface area contributed by atoms with Crippen LogP contribution in [0.3, 0.4) is 0 Å². The van der Waals surface area contributed by atoms with Gasteiger partial charge < -0.3 is 28.1 Å². The van der Waals surface area contributed by atoms with Crippen LogP contribution in [0, 0.1) is 19.8 Å². The Kier molecular flexibility index (Phi) is 15.2. The molecule has 0 N–H and O–H groups in total. The van der Waals surface area contributed by atoms with Crippen molar-refractivity contribution in [1.82, 2.24) is 0 Å². The molecule has 2 aromatic carbocycles. The molecule has 46 heavy (non-hydrogen) atoms. The van der Waals surface area contributed by atoms with Crippen LogP contribution in [0.4, 0.5) is 0 Å². The summed E-state index contributed by atoms with van der Waals surface area (Å²) in [5, 5.41) is -0.155. The minimum atomic E-state index is -2.40. The van der Waals surface area contributed by atoms with Crippen molar-refractivity contribution in [1.29, 1.82) is 0 Å². The van der Waals surface area contributed by atoms with Gasteiger partial charge in [0.15, 0.2) is 14.2 Å². The van der Waals surface area contributed by atoms with E-state index in [0.29, 0.717) is 5.56 Å². The summed E-state index contributed by atoms with van der Waals surface area (Å²) in [6, 6.07) is 13.1. The van der Waals surface area contributed by atoms with Gasteiger partial charge in [-0.25, -0.2) is 4.79 Å². The third kappa shape index (κ3) is 11.7. The smallest absolute Gasteiger partial charge is 0.339 e. The fourth-order valence-corrected chi connectivity index (χ4v) is 5.74. The van der Waals surface area contributed by atoms with Gasteiger partial charge in [-0.05, 0) is 87.1 Å². The Labute approximate surface area is 275 Å².